The van der Waals surface area contributed by atoms with E-state index in [1.165, 1.54) is 5.56 Å². The Morgan fingerprint density at radius 1 is 0.173 bits per heavy atom. The lowest BCUT2D eigenvalue weighted by Gasteiger charge is -2.26. The topological polar surface area (TPSA) is 54.8 Å². The van der Waals surface area contributed by atoms with Crippen LogP contribution in [0.3, 0.4) is 0 Å². The minimum atomic E-state index is 0.813. The van der Waals surface area contributed by atoms with Crippen molar-refractivity contribution in [2.24, 2.45) is 0 Å². The molecular weight excluding hydrogens is 983 g/mol. The molecule has 0 N–H and O–H groups in total. The monoisotopic (exact) mass is 1030 g/mol. The van der Waals surface area contributed by atoms with Crippen LogP contribution in [-0.4, -0.2) is 19.9 Å². The maximum atomic E-state index is 5.51. The fraction of sp³-hybridized carbons (Fsp3) is 0. The summed E-state index contributed by atoms with van der Waals surface area (Å²) in [6.45, 7) is 0. The Labute approximate surface area is 471 Å². The van der Waals surface area contributed by atoms with Gasteiger partial charge in [0, 0.05) is 39.3 Å². The number of fused-ring (bicyclic) bond motifs is 2. The van der Waals surface area contributed by atoms with Crippen molar-refractivity contribution < 1.29 is 0 Å². The predicted octanol–water partition coefficient (Wildman–Crippen LogP) is 20.0. The molecule has 0 saturated heterocycles. The summed E-state index contributed by atoms with van der Waals surface area (Å²) >= 11 is 0. The van der Waals surface area contributed by atoms with E-state index in [2.05, 4.69) is 302 Å². The van der Waals surface area contributed by atoms with Crippen molar-refractivity contribution in [2.45, 2.75) is 0 Å². The molecule has 0 unspecified atom stereocenters. The summed E-state index contributed by atoms with van der Waals surface area (Å²) in [7, 11) is 0. The first-order chi connectivity index (χ1) is 40.1. The first-order valence-electron chi connectivity index (χ1n) is 27.4. The lowest BCUT2D eigenvalue weighted by molar-refractivity contribution is 1.26. The van der Waals surface area contributed by atoms with Crippen LogP contribution < -0.4 is 4.90 Å². The number of benzene rings is 12. The average molecular weight is 1030 g/mol. The van der Waals surface area contributed by atoms with Crippen molar-refractivity contribution >= 4 is 39.1 Å². The lowest BCUT2D eigenvalue weighted by atomic mass is 9.93. The molecule has 2 aromatic heterocycles. The molecule has 5 heteroatoms. The summed E-state index contributed by atoms with van der Waals surface area (Å²) in [5.41, 5.74) is 24.8. The van der Waals surface area contributed by atoms with Gasteiger partial charge in [-0.2, -0.15) is 0 Å². The van der Waals surface area contributed by atoms with Crippen LogP contribution in [0.1, 0.15) is 0 Å². The molecule has 0 aliphatic heterocycles. The minimum Gasteiger partial charge on any atom is -0.311 e. The van der Waals surface area contributed by atoms with Crippen molar-refractivity contribution in [3.63, 3.8) is 0 Å². The van der Waals surface area contributed by atoms with Crippen molar-refractivity contribution in [3.05, 3.63) is 309 Å². The standard InChI is InChI=1S/C76H51N5/c1-8-22-52(23-9-1)53-36-42-62(43-37-53)81(63-44-38-60(39-45-63)75-73(58-32-18-6-19-33-58)77-69-48-65(54-24-10-2-11-25-54)67(50-71(69)79-75)56-28-14-4-15-29-56)64-46-40-61(41-47-64)76-74(59-34-20-7-21-35-59)78-70-49-66(55-26-12-3-13-27-55)68(51-72(70)80-76)57-30-16-5-17-31-57/h1-51H. The van der Waals surface area contributed by atoms with E-state index in [4.69, 9.17) is 19.9 Å². The molecule has 0 atom stereocenters. The fourth-order valence-corrected chi connectivity index (χ4v) is 11.0. The van der Waals surface area contributed by atoms with Gasteiger partial charge in [-0.15, -0.1) is 0 Å². The second kappa shape index (κ2) is 21.5. The summed E-state index contributed by atoms with van der Waals surface area (Å²) in [5.74, 6) is 0. The third-order valence-electron chi connectivity index (χ3n) is 15.1. The van der Waals surface area contributed by atoms with Gasteiger partial charge in [-0.1, -0.05) is 249 Å². The number of hydrogen-bond donors (Lipinski definition) is 0. The van der Waals surface area contributed by atoms with Gasteiger partial charge in [0.05, 0.1) is 44.8 Å². The summed E-state index contributed by atoms with van der Waals surface area (Å²) in [4.78, 5) is 24.2. The van der Waals surface area contributed by atoms with Crippen LogP contribution in [0.5, 0.6) is 0 Å². The Kier molecular flexibility index (Phi) is 12.9. The predicted molar refractivity (Wildman–Crippen MR) is 336 cm³/mol. The van der Waals surface area contributed by atoms with Gasteiger partial charge in [-0.05, 0) is 116 Å². The van der Waals surface area contributed by atoms with E-state index >= 15 is 0 Å². The van der Waals surface area contributed by atoms with Crippen molar-refractivity contribution in [2.75, 3.05) is 4.90 Å². The Balaban J connectivity index is 0.890. The molecule has 14 rings (SSSR count). The van der Waals surface area contributed by atoms with E-state index in [0.29, 0.717) is 0 Å². The van der Waals surface area contributed by atoms with E-state index in [1.54, 1.807) is 0 Å². The molecule has 0 amide bonds. The second-order valence-corrected chi connectivity index (χ2v) is 20.2. The van der Waals surface area contributed by atoms with Crippen LogP contribution in [0, 0.1) is 0 Å². The van der Waals surface area contributed by atoms with E-state index in [0.717, 1.165) is 134 Å². The first kappa shape index (κ1) is 48.5. The van der Waals surface area contributed by atoms with E-state index in [9.17, 15) is 0 Å². The van der Waals surface area contributed by atoms with Crippen LogP contribution in [0.2, 0.25) is 0 Å². The summed E-state index contributed by atoms with van der Waals surface area (Å²) in [5, 5.41) is 0. The Hall–Kier alpha value is -10.9. The number of nitrogens with zero attached hydrogens (tertiary/aromatic N) is 5. The Morgan fingerprint density at radius 3 is 0.605 bits per heavy atom. The molecule has 0 fully saturated rings. The number of hydrogen-bond acceptors (Lipinski definition) is 5. The Bertz CT molecular complexity index is 4230. The van der Waals surface area contributed by atoms with Gasteiger partial charge in [-0.25, -0.2) is 19.9 Å². The van der Waals surface area contributed by atoms with Crippen LogP contribution in [0.15, 0.2) is 309 Å². The molecule has 2 heterocycles. The van der Waals surface area contributed by atoms with Crippen molar-refractivity contribution in [3.8, 4) is 101 Å². The summed E-state index contributed by atoms with van der Waals surface area (Å²) in [6, 6.07) is 109. The van der Waals surface area contributed by atoms with Crippen LogP contribution in [-0.2, 0) is 0 Å². The quantitative estimate of drug-likeness (QED) is 0.122. The van der Waals surface area contributed by atoms with Crippen molar-refractivity contribution in [1.82, 2.24) is 19.9 Å². The highest BCUT2D eigenvalue weighted by Gasteiger charge is 2.21. The largest absolute Gasteiger partial charge is 0.311 e. The highest BCUT2D eigenvalue weighted by Crippen LogP contribution is 2.43. The Morgan fingerprint density at radius 2 is 0.358 bits per heavy atom. The van der Waals surface area contributed by atoms with Crippen LogP contribution in [0.25, 0.3) is 123 Å². The minimum absolute atomic E-state index is 0.813. The smallest absolute Gasteiger partial charge is 0.0973 e. The molecular formula is C76H51N5. The molecule has 81 heavy (non-hydrogen) atoms. The van der Waals surface area contributed by atoms with Crippen molar-refractivity contribution in [1.29, 1.82) is 0 Å². The number of anilines is 3. The van der Waals surface area contributed by atoms with Gasteiger partial charge in [0.15, 0.2) is 0 Å². The van der Waals surface area contributed by atoms with E-state index in [-0.39, 0.29) is 0 Å². The molecule has 380 valence electrons. The second-order valence-electron chi connectivity index (χ2n) is 20.2. The highest BCUT2D eigenvalue weighted by atomic mass is 15.1. The first-order valence-corrected chi connectivity index (χ1v) is 27.4. The molecule has 0 spiro atoms. The van der Waals surface area contributed by atoms with Gasteiger partial charge in [0.2, 0.25) is 0 Å². The molecule has 0 aliphatic carbocycles. The molecule has 12 aromatic carbocycles. The number of rotatable bonds is 12. The average Bonchev–Trinajstić information content (AvgIpc) is 3.57. The SMILES string of the molecule is c1ccc(-c2ccc(N(c3ccc(-c4nc5cc(-c6ccccc6)c(-c6ccccc6)cc5nc4-c4ccccc4)cc3)c3ccc(-c4nc5cc(-c6ccccc6)c(-c6ccccc6)cc5nc4-c4ccccc4)cc3)cc2)cc1. The molecule has 0 radical (unpaired) electrons. The number of aromatic nitrogens is 4. The molecule has 0 bridgehead atoms. The molecule has 14 aromatic rings. The van der Waals surface area contributed by atoms with Crippen LogP contribution in [0.4, 0.5) is 17.1 Å². The van der Waals surface area contributed by atoms with E-state index < -0.39 is 0 Å². The summed E-state index contributed by atoms with van der Waals surface area (Å²) < 4.78 is 0. The van der Waals surface area contributed by atoms with Gasteiger partial charge >= 0.3 is 0 Å². The third-order valence-corrected chi connectivity index (χ3v) is 15.1. The van der Waals surface area contributed by atoms with Crippen LogP contribution >= 0.6 is 0 Å². The fourth-order valence-electron chi connectivity index (χ4n) is 11.0. The maximum absolute atomic E-state index is 5.51. The molecule has 0 aliphatic rings. The summed E-state index contributed by atoms with van der Waals surface area (Å²) in [6.07, 6.45) is 0. The van der Waals surface area contributed by atoms with Gasteiger partial charge < -0.3 is 4.90 Å². The highest BCUT2D eigenvalue weighted by molar-refractivity contribution is 5.98. The van der Waals surface area contributed by atoms with Gasteiger partial charge in [-0.3, -0.25) is 0 Å². The molecule has 0 saturated carbocycles. The lowest BCUT2D eigenvalue weighted by Crippen LogP contribution is -2.10. The third kappa shape index (κ3) is 9.71. The zero-order valence-electron chi connectivity index (χ0n) is 44.2. The normalized spacial score (nSPS) is 11.2. The van der Waals surface area contributed by atoms with Gasteiger partial charge in [0.25, 0.3) is 0 Å². The maximum Gasteiger partial charge on any atom is 0.0973 e. The van der Waals surface area contributed by atoms with Gasteiger partial charge in [0.1, 0.15) is 0 Å². The van der Waals surface area contributed by atoms with E-state index in [1.807, 2.05) is 12.1 Å². The zero-order chi connectivity index (χ0) is 53.9. The zero-order valence-corrected chi connectivity index (χ0v) is 44.2. The molecule has 5 nitrogen and oxygen atoms in total.